The fourth-order valence-corrected chi connectivity index (χ4v) is 9.03. The van der Waals surface area contributed by atoms with Crippen LogP contribution in [0.25, 0.3) is 5.57 Å². The molecule has 1 aromatic carbocycles. The lowest BCUT2D eigenvalue weighted by Gasteiger charge is -2.36. The zero-order chi connectivity index (χ0) is 37.1. The Morgan fingerprint density at radius 1 is 0.824 bits per heavy atom. The number of anilines is 1. The van der Waals surface area contributed by atoms with Crippen molar-refractivity contribution < 1.29 is 28.7 Å². The Balaban J connectivity index is 1.63. The lowest BCUT2D eigenvalue weighted by molar-refractivity contribution is -0.149. The zero-order valence-electron chi connectivity index (χ0n) is 31.9. The van der Waals surface area contributed by atoms with Gasteiger partial charge in [0.25, 0.3) is 0 Å². The first-order chi connectivity index (χ1) is 24.2. The molecule has 276 valence electrons. The number of allylic oxidation sites excluding steroid dienone is 1. The number of H-pyrrole nitrogens is 1. The maximum absolute atomic E-state index is 13.9. The molecule has 3 N–H and O–H groups in total. The van der Waals surface area contributed by atoms with E-state index in [0.29, 0.717) is 58.1 Å². The average molecular weight is 701 g/mol. The van der Waals surface area contributed by atoms with Gasteiger partial charge in [-0.2, -0.15) is 0 Å². The van der Waals surface area contributed by atoms with Crippen molar-refractivity contribution in [2.24, 2.45) is 52.3 Å². The van der Waals surface area contributed by atoms with E-state index in [1.807, 2.05) is 51.1 Å². The number of carbonyl (C=O) groups is 3. The number of aromatic amines is 1. The molecule has 0 radical (unpaired) electrons. The maximum Gasteiger partial charge on any atom is 0.315 e. The summed E-state index contributed by atoms with van der Waals surface area (Å²) < 4.78 is 12.5. The minimum absolute atomic E-state index is 0.163. The lowest BCUT2D eigenvalue weighted by atomic mass is 9.69. The second kappa shape index (κ2) is 16.0. The van der Waals surface area contributed by atoms with Crippen LogP contribution in [0.15, 0.2) is 52.4 Å². The van der Waals surface area contributed by atoms with Gasteiger partial charge in [-0.3, -0.25) is 19.2 Å². The molecule has 2 fully saturated rings. The Morgan fingerprint density at radius 2 is 1.35 bits per heavy atom. The van der Waals surface area contributed by atoms with E-state index in [4.69, 9.17) is 19.3 Å². The van der Waals surface area contributed by atoms with E-state index >= 15 is 0 Å². The molecule has 0 bridgehead atoms. The standard InChI is InChI=1S/C41H56N4O6/c1-11-49-45-39-37(51-41(48)32-25(6)19-22(3)20-26(32)7)28(9)35(44-39)33(30-15-13-12-14-16-30)34-27(8)36(38(43-34)42-29(10)46)50-40(47)31-23(4)17-21(2)18-24(31)5/h12-16,21-26,31-32,44-45H,11,17-20H2,1-10H3,(H,42,43,46)/b34-33-. The third-order valence-electron chi connectivity index (χ3n) is 11.0. The number of hydrogen-bond donors (Lipinski definition) is 3. The van der Waals surface area contributed by atoms with Crippen LogP contribution in [-0.4, -0.2) is 35.3 Å². The molecule has 2 aliphatic carbocycles. The van der Waals surface area contributed by atoms with Gasteiger partial charge in [-0.15, -0.1) is 0 Å². The Kier molecular flexibility index (Phi) is 11.9. The van der Waals surface area contributed by atoms with Gasteiger partial charge in [-0.1, -0.05) is 71.9 Å². The lowest BCUT2D eigenvalue weighted by Crippen LogP contribution is -2.37. The second-order valence-electron chi connectivity index (χ2n) is 15.5. The van der Waals surface area contributed by atoms with E-state index in [2.05, 4.69) is 57.3 Å². The number of aromatic nitrogens is 1. The number of esters is 2. The number of aliphatic imine (C=N–C) groups is 1. The van der Waals surface area contributed by atoms with Crippen molar-refractivity contribution in [2.75, 3.05) is 12.1 Å². The highest BCUT2D eigenvalue weighted by Crippen LogP contribution is 2.45. The van der Waals surface area contributed by atoms with E-state index in [1.54, 1.807) is 0 Å². The molecule has 2 heterocycles. The second-order valence-corrected chi connectivity index (χ2v) is 15.5. The molecule has 1 aliphatic heterocycles. The van der Waals surface area contributed by atoms with E-state index < -0.39 is 0 Å². The van der Waals surface area contributed by atoms with Crippen LogP contribution in [0.3, 0.4) is 0 Å². The molecular weight excluding hydrogens is 644 g/mol. The van der Waals surface area contributed by atoms with Crippen LogP contribution < -0.4 is 15.5 Å². The first-order valence-corrected chi connectivity index (χ1v) is 18.6. The molecule has 10 heteroatoms. The first kappa shape index (κ1) is 38.1. The number of amidine groups is 1. The number of benzene rings is 1. The number of nitrogens with one attached hydrogen (secondary N) is 3. The summed E-state index contributed by atoms with van der Waals surface area (Å²) in [5.41, 5.74) is 6.89. The minimum atomic E-state index is -0.333. The van der Waals surface area contributed by atoms with Gasteiger partial charge in [0.2, 0.25) is 5.91 Å². The molecule has 1 amide bonds. The van der Waals surface area contributed by atoms with E-state index in [0.717, 1.165) is 31.2 Å². The molecule has 51 heavy (non-hydrogen) atoms. The molecule has 5 rings (SSSR count). The monoisotopic (exact) mass is 700 g/mol. The Labute approximate surface area is 302 Å². The third kappa shape index (κ3) is 8.16. The van der Waals surface area contributed by atoms with Crippen molar-refractivity contribution in [3.8, 4) is 5.75 Å². The van der Waals surface area contributed by atoms with Gasteiger partial charge >= 0.3 is 11.9 Å². The number of rotatable bonds is 9. The van der Waals surface area contributed by atoms with Gasteiger partial charge in [0.05, 0.1) is 29.8 Å². The molecule has 10 nitrogen and oxygen atoms in total. The molecule has 2 saturated carbocycles. The number of hydrogen-bond acceptors (Lipinski definition) is 8. The summed E-state index contributed by atoms with van der Waals surface area (Å²) in [6, 6.07) is 9.73. The summed E-state index contributed by atoms with van der Waals surface area (Å²) in [6.45, 7) is 20.3. The van der Waals surface area contributed by atoms with Crippen molar-refractivity contribution in [1.82, 2.24) is 10.3 Å². The predicted molar refractivity (Wildman–Crippen MR) is 199 cm³/mol. The number of nitrogens with zero attached hydrogens (tertiary/aromatic N) is 1. The largest absolute Gasteiger partial charge is 0.422 e. The summed E-state index contributed by atoms with van der Waals surface area (Å²) in [6.07, 6.45) is 3.85. The van der Waals surface area contributed by atoms with Crippen molar-refractivity contribution in [3.05, 3.63) is 64.2 Å². The van der Waals surface area contributed by atoms with E-state index in [-0.39, 0.29) is 64.9 Å². The van der Waals surface area contributed by atoms with Gasteiger partial charge in [-0.05, 0) is 87.5 Å². The highest BCUT2D eigenvalue weighted by Gasteiger charge is 2.41. The molecule has 4 atom stereocenters. The van der Waals surface area contributed by atoms with Crippen molar-refractivity contribution in [2.45, 2.75) is 94.9 Å². The highest BCUT2D eigenvalue weighted by atomic mass is 16.6. The molecule has 4 unspecified atom stereocenters. The van der Waals surface area contributed by atoms with Gasteiger partial charge in [0.1, 0.15) is 0 Å². The summed E-state index contributed by atoms with van der Waals surface area (Å²) in [5, 5.41) is 2.81. The van der Waals surface area contributed by atoms with Crippen LogP contribution in [-0.2, 0) is 24.0 Å². The number of amides is 1. The minimum Gasteiger partial charge on any atom is -0.422 e. The summed E-state index contributed by atoms with van der Waals surface area (Å²) in [5.74, 6) is 1.57. The Hall–Kier alpha value is -4.18. The normalized spacial score (nSPS) is 28.9. The Morgan fingerprint density at radius 3 is 1.86 bits per heavy atom. The van der Waals surface area contributed by atoms with E-state index in [9.17, 15) is 14.4 Å². The van der Waals surface area contributed by atoms with Crippen LogP contribution >= 0.6 is 0 Å². The summed E-state index contributed by atoms with van der Waals surface area (Å²) in [4.78, 5) is 54.2. The summed E-state index contributed by atoms with van der Waals surface area (Å²) in [7, 11) is 0. The predicted octanol–water partition coefficient (Wildman–Crippen LogP) is 8.35. The zero-order valence-corrected chi connectivity index (χ0v) is 31.9. The average Bonchev–Trinajstić information content (AvgIpc) is 3.50. The van der Waals surface area contributed by atoms with Crippen molar-refractivity contribution >= 4 is 35.1 Å². The quantitative estimate of drug-likeness (QED) is 0.177. The molecule has 3 aliphatic rings. The number of ether oxygens (including phenoxy) is 2. The van der Waals surface area contributed by atoms with Crippen LogP contribution in [0.1, 0.15) is 105 Å². The molecule has 1 aromatic heterocycles. The fraction of sp³-hybridized carbons (Fsp3) is 0.561. The van der Waals surface area contributed by atoms with Gasteiger partial charge < -0.3 is 19.8 Å². The van der Waals surface area contributed by atoms with Gasteiger partial charge in [-0.25, -0.2) is 10.5 Å². The van der Waals surface area contributed by atoms with Gasteiger partial charge in [0, 0.05) is 23.6 Å². The molecule has 0 saturated heterocycles. The topological polar surface area (TPSA) is 131 Å². The van der Waals surface area contributed by atoms with Crippen LogP contribution in [0.4, 0.5) is 5.82 Å². The van der Waals surface area contributed by atoms with Crippen molar-refractivity contribution in [1.29, 1.82) is 0 Å². The van der Waals surface area contributed by atoms with Gasteiger partial charge in [0.15, 0.2) is 23.2 Å². The van der Waals surface area contributed by atoms with E-state index in [1.165, 1.54) is 6.92 Å². The van der Waals surface area contributed by atoms with Crippen LogP contribution in [0.5, 0.6) is 5.75 Å². The number of carbonyl (C=O) groups excluding carboxylic acids is 3. The van der Waals surface area contributed by atoms with Crippen molar-refractivity contribution in [3.63, 3.8) is 0 Å². The van der Waals surface area contributed by atoms with Crippen LogP contribution in [0, 0.1) is 54.3 Å². The third-order valence-corrected chi connectivity index (χ3v) is 11.0. The fourth-order valence-electron chi connectivity index (χ4n) is 9.03. The molecule has 0 spiro atoms. The Bertz CT molecular complexity index is 1700. The SMILES string of the molecule is CCONc1[nH]c(/C(=C2\N=C(NC(C)=O)C(OC(=O)C3C(C)CC(C)CC3C)=C2C)c2ccccc2)c(C)c1OC(=O)C1C(C)CC(C)CC1C. The molecular formula is C41H56N4O6. The maximum atomic E-state index is 13.9. The van der Waals surface area contributed by atoms with Crippen LogP contribution in [0.2, 0.25) is 0 Å². The first-order valence-electron chi connectivity index (χ1n) is 18.6. The summed E-state index contributed by atoms with van der Waals surface area (Å²) >= 11 is 0. The molecule has 2 aromatic rings. The highest BCUT2D eigenvalue weighted by molar-refractivity contribution is 6.11. The smallest absolute Gasteiger partial charge is 0.315 e.